The molecule has 6 heteroatoms. The van der Waals surface area contributed by atoms with Gasteiger partial charge in [0.25, 0.3) is 0 Å². The van der Waals surface area contributed by atoms with Gasteiger partial charge in [-0.15, -0.1) is 0 Å². The highest BCUT2D eigenvalue weighted by molar-refractivity contribution is 5.31. The molecule has 0 saturated heterocycles. The van der Waals surface area contributed by atoms with Crippen molar-refractivity contribution in [1.82, 2.24) is 0 Å². The van der Waals surface area contributed by atoms with Crippen molar-refractivity contribution in [2.75, 3.05) is 6.61 Å². The van der Waals surface area contributed by atoms with Crippen LogP contribution in [0.5, 0.6) is 0 Å². The van der Waals surface area contributed by atoms with E-state index in [0.717, 1.165) is 6.92 Å². The van der Waals surface area contributed by atoms with E-state index in [-0.39, 0.29) is 0 Å². The van der Waals surface area contributed by atoms with E-state index in [1.807, 2.05) is 0 Å². The topological polar surface area (TPSA) is 46.2 Å². The average Bonchev–Trinajstić information content (AvgIpc) is 2.23. The highest BCUT2D eigenvalue weighted by Crippen LogP contribution is 2.26. The highest BCUT2D eigenvalue weighted by atomic mass is 19.2. The molecular weight excluding hydrogens is 214 g/mol. The van der Waals surface area contributed by atoms with Gasteiger partial charge in [-0.05, 0) is 6.92 Å². The van der Waals surface area contributed by atoms with Gasteiger partial charge in [0, 0.05) is 11.1 Å². The third-order valence-corrected chi connectivity index (χ3v) is 2.08. The lowest BCUT2D eigenvalue weighted by atomic mass is 10.0. The van der Waals surface area contributed by atoms with Crippen LogP contribution in [0.1, 0.15) is 17.2 Å². The molecule has 1 aromatic rings. The monoisotopic (exact) mass is 223 g/mol. The van der Waals surface area contributed by atoms with Crippen LogP contribution in [-0.2, 0) is 0 Å². The zero-order valence-electron chi connectivity index (χ0n) is 7.82. The maximum atomic E-state index is 13.2. The Bertz CT molecular complexity index is 365. The molecule has 0 spiro atoms. The summed E-state index contributed by atoms with van der Waals surface area (Å²) < 4.78 is 52.4. The molecule has 1 aromatic carbocycles. The van der Waals surface area contributed by atoms with Crippen molar-refractivity contribution in [3.63, 3.8) is 0 Å². The van der Waals surface area contributed by atoms with Gasteiger partial charge in [-0.25, -0.2) is 17.6 Å². The minimum Gasteiger partial charge on any atom is -0.394 e. The molecular formula is C9H9F4NO. The second kappa shape index (κ2) is 4.16. The second-order valence-corrected chi connectivity index (χ2v) is 3.08. The van der Waals surface area contributed by atoms with Gasteiger partial charge in [0.05, 0.1) is 12.6 Å². The summed E-state index contributed by atoms with van der Waals surface area (Å²) in [4.78, 5) is 0. The van der Waals surface area contributed by atoms with Crippen LogP contribution in [0.15, 0.2) is 0 Å². The van der Waals surface area contributed by atoms with Gasteiger partial charge in [0.2, 0.25) is 0 Å². The molecule has 3 N–H and O–H groups in total. The van der Waals surface area contributed by atoms with E-state index in [1.165, 1.54) is 0 Å². The number of halogens is 4. The molecule has 0 bridgehead atoms. The van der Waals surface area contributed by atoms with Crippen molar-refractivity contribution in [1.29, 1.82) is 0 Å². The van der Waals surface area contributed by atoms with Crippen LogP contribution in [0.4, 0.5) is 17.6 Å². The Balaban J connectivity index is 3.52. The van der Waals surface area contributed by atoms with Crippen LogP contribution in [0, 0.1) is 30.2 Å². The normalized spacial score (nSPS) is 13.0. The number of hydrogen-bond acceptors (Lipinski definition) is 2. The molecule has 15 heavy (non-hydrogen) atoms. The molecule has 0 aromatic heterocycles. The lowest BCUT2D eigenvalue weighted by molar-refractivity contribution is 0.259. The van der Waals surface area contributed by atoms with Crippen molar-refractivity contribution in [2.45, 2.75) is 13.0 Å². The SMILES string of the molecule is Cc1c(F)c(F)c([C@H](N)CO)c(F)c1F. The molecule has 0 unspecified atom stereocenters. The van der Waals surface area contributed by atoms with E-state index in [1.54, 1.807) is 0 Å². The van der Waals surface area contributed by atoms with Crippen LogP contribution in [0.2, 0.25) is 0 Å². The van der Waals surface area contributed by atoms with E-state index in [2.05, 4.69) is 0 Å². The summed E-state index contributed by atoms with van der Waals surface area (Å²) in [6.07, 6.45) is 0. The van der Waals surface area contributed by atoms with E-state index < -0.39 is 47.0 Å². The molecule has 0 amide bonds. The standard InChI is InChI=1S/C9H9F4NO/c1-3-6(10)8(12)5(4(14)2-15)9(13)7(3)11/h4,15H,2,14H2,1H3/t4-/m1/s1. The van der Waals surface area contributed by atoms with Crippen LogP contribution in [0.25, 0.3) is 0 Å². The van der Waals surface area contributed by atoms with Crippen molar-refractivity contribution < 1.29 is 22.7 Å². The van der Waals surface area contributed by atoms with Crippen molar-refractivity contribution in [3.05, 3.63) is 34.4 Å². The first-order valence-corrected chi connectivity index (χ1v) is 4.10. The fourth-order valence-electron chi connectivity index (χ4n) is 1.18. The van der Waals surface area contributed by atoms with Crippen LogP contribution >= 0.6 is 0 Å². The van der Waals surface area contributed by atoms with E-state index in [4.69, 9.17) is 10.8 Å². The summed E-state index contributed by atoms with van der Waals surface area (Å²) in [6, 6.07) is -1.49. The molecule has 1 rings (SSSR count). The molecule has 0 saturated carbocycles. The smallest absolute Gasteiger partial charge is 0.167 e. The fraction of sp³-hybridized carbons (Fsp3) is 0.333. The van der Waals surface area contributed by atoms with Crippen molar-refractivity contribution in [3.8, 4) is 0 Å². The Labute approximate surface area is 83.3 Å². The van der Waals surface area contributed by atoms with Gasteiger partial charge in [0.1, 0.15) is 0 Å². The van der Waals surface area contributed by atoms with Crippen molar-refractivity contribution in [2.24, 2.45) is 5.73 Å². The Kier molecular flexibility index (Phi) is 3.31. The summed E-state index contributed by atoms with van der Waals surface area (Å²) in [5.41, 5.74) is 3.40. The summed E-state index contributed by atoms with van der Waals surface area (Å²) >= 11 is 0. The lowest BCUT2D eigenvalue weighted by Gasteiger charge is -2.13. The van der Waals surface area contributed by atoms with E-state index >= 15 is 0 Å². The summed E-state index contributed by atoms with van der Waals surface area (Å²) in [5, 5.41) is 8.58. The number of aliphatic hydroxyl groups excluding tert-OH is 1. The molecule has 0 radical (unpaired) electrons. The molecule has 0 aliphatic heterocycles. The molecule has 0 heterocycles. The maximum Gasteiger partial charge on any atom is 0.167 e. The van der Waals surface area contributed by atoms with Crippen LogP contribution in [-0.4, -0.2) is 11.7 Å². The predicted molar refractivity (Wildman–Crippen MR) is 45.0 cm³/mol. The van der Waals surface area contributed by atoms with Crippen LogP contribution in [0.3, 0.4) is 0 Å². The third-order valence-electron chi connectivity index (χ3n) is 2.08. The maximum absolute atomic E-state index is 13.2. The lowest BCUT2D eigenvalue weighted by Crippen LogP contribution is -2.20. The average molecular weight is 223 g/mol. The number of aliphatic hydroxyl groups is 1. The molecule has 0 fully saturated rings. The molecule has 0 aliphatic carbocycles. The van der Waals surface area contributed by atoms with Gasteiger partial charge in [-0.2, -0.15) is 0 Å². The highest BCUT2D eigenvalue weighted by Gasteiger charge is 2.26. The number of benzene rings is 1. The largest absolute Gasteiger partial charge is 0.394 e. The second-order valence-electron chi connectivity index (χ2n) is 3.08. The first kappa shape index (κ1) is 11.9. The summed E-state index contributed by atoms with van der Waals surface area (Å²) in [7, 11) is 0. The van der Waals surface area contributed by atoms with Gasteiger partial charge in [-0.3, -0.25) is 0 Å². The Hall–Kier alpha value is -1.14. The minimum absolute atomic E-state index is 0.751. The Morgan fingerprint density at radius 1 is 1.07 bits per heavy atom. The minimum atomic E-state index is -1.56. The third kappa shape index (κ3) is 1.82. The fourth-order valence-corrected chi connectivity index (χ4v) is 1.18. The molecule has 0 aliphatic rings. The Morgan fingerprint density at radius 2 is 1.47 bits per heavy atom. The number of hydrogen-bond donors (Lipinski definition) is 2. The predicted octanol–water partition coefficient (Wildman–Crippen LogP) is 1.54. The number of nitrogens with two attached hydrogens (primary N) is 1. The van der Waals surface area contributed by atoms with Gasteiger partial charge in [-0.1, -0.05) is 0 Å². The van der Waals surface area contributed by atoms with Crippen LogP contribution < -0.4 is 5.73 Å². The molecule has 84 valence electrons. The van der Waals surface area contributed by atoms with E-state index in [9.17, 15) is 17.6 Å². The van der Waals surface area contributed by atoms with Crippen molar-refractivity contribution >= 4 is 0 Å². The molecule has 2 nitrogen and oxygen atoms in total. The zero-order chi connectivity index (χ0) is 11.7. The van der Waals surface area contributed by atoms with Gasteiger partial charge >= 0.3 is 0 Å². The molecule has 1 atom stereocenters. The summed E-state index contributed by atoms with van der Waals surface area (Å²) in [6.45, 7) is 0.0981. The first-order chi connectivity index (χ1) is 6.91. The zero-order valence-corrected chi connectivity index (χ0v) is 7.82. The Morgan fingerprint density at radius 3 is 1.80 bits per heavy atom. The number of rotatable bonds is 2. The van der Waals surface area contributed by atoms with Gasteiger partial charge in [0.15, 0.2) is 23.3 Å². The summed E-state index contributed by atoms with van der Waals surface area (Å²) in [5.74, 6) is -6.11. The van der Waals surface area contributed by atoms with E-state index in [0.29, 0.717) is 0 Å². The first-order valence-electron chi connectivity index (χ1n) is 4.10. The quantitative estimate of drug-likeness (QED) is 0.590. The van der Waals surface area contributed by atoms with Gasteiger partial charge < -0.3 is 10.8 Å².